The van der Waals surface area contributed by atoms with Gasteiger partial charge in [-0.25, -0.2) is 14.5 Å². The van der Waals surface area contributed by atoms with Crippen molar-refractivity contribution in [1.29, 1.82) is 0 Å². The average Bonchev–Trinajstić information content (AvgIpc) is 3.24. The Bertz CT molecular complexity index is 709. The van der Waals surface area contributed by atoms with Gasteiger partial charge in [0.2, 0.25) is 0 Å². The molecule has 0 unspecified atom stereocenters. The number of carbonyl (C=O) groups is 1. The maximum atomic E-state index is 11.8. The zero-order chi connectivity index (χ0) is 16.4. The first kappa shape index (κ1) is 15.1. The number of aromatic nitrogens is 4. The van der Waals surface area contributed by atoms with Crippen LogP contribution in [0.25, 0.3) is 11.5 Å². The molecule has 3 heterocycles. The molecule has 2 aromatic rings. The lowest BCUT2D eigenvalue weighted by Gasteiger charge is -2.24. The van der Waals surface area contributed by atoms with Gasteiger partial charge in [-0.15, -0.1) is 5.10 Å². The number of ether oxygens (including phenoxy) is 1. The number of carbonyl (C=O) groups excluding carboxylic acids is 1. The summed E-state index contributed by atoms with van der Waals surface area (Å²) in [6, 6.07) is 6.08. The van der Waals surface area contributed by atoms with Gasteiger partial charge in [0.25, 0.3) is 0 Å². The summed E-state index contributed by atoms with van der Waals surface area (Å²) in [7, 11) is 0. The van der Waals surface area contributed by atoms with Crippen LogP contribution in [-0.4, -0.2) is 43.9 Å². The summed E-state index contributed by atoms with van der Waals surface area (Å²) < 4.78 is 7.05. The Labute approximate surface area is 140 Å². The van der Waals surface area contributed by atoms with E-state index in [0.29, 0.717) is 31.6 Å². The first-order valence-electron chi connectivity index (χ1n) is 8.60. The summed E-state index contributed by atoms with van der Waals surface area (Å²) in [5.41, 5.74) is 0.761. The summed E-state index contributed by atoms with van der Waals surface area (Å²) in [6.45, 7) is 1.49. The van der Waals surface area contributed by atoms with E-state index in [1.165, 1.54) is 19.3 Å². The molecule has 0 atom stereocenters. The first-order valence-corrected chi connectivity index (χ1v) is 8.60. The van der Waals surface area contributed by atoms with Crippen molar-refractivity contribution in [3.63, 3.8) is 0 Å². The molecule has 4 rings (SSSR count). The second-order valence-corrected chi connectivity index (χ2v) is 6.34. The van der Waals surface area contributed by atoms with E-state index in [2.05, 4.69) is 4.98 Å². The normalized spacial score (nSPS) is 18.8. The quantitative estimate of drug-likeness (QED) is 0.863. The third kappa shape index (κ3) is 2.98. The van der Waals surface area contributed by atoms with E-state index in [4.69, 9.17) is 14.8 Å². The molecule has 1 saturated heterocycles. The number of hydrogen-bond acceptors (Lipinski definition) is 5. The molecule has 7 nitrogen and oxygen atoms in total. The van der Waals surface area contributed by atoms with E-state index in [-0.39, 0.29) is 6.09 Å². The van der Waals surface area contributed by atoms with Crippen LogP contribution in [0.5, 0.6) is 0 Å². The fraction of sp³-hybridized carbons (Fsp3) is 0.529. The van der Waals surface area contributed by atoms with Crippen molar-refractivity contribution in [1.82, 2.24) is 24.6 Å². The van der Waals surface area contributed by atoms with E-state index in [0.717, 1.165) is 24.4 Å². The minimum absolute atomic E-state index is 0.271. The van der Waals surface area contributed by atoms with Gasteiger partial charge >= 0.3 is 6.09 Å². The molecule has 0 radical (unpaired) electrons. The molecule has 126 valence electrons. The summed E-state index contributed by atoms with van der Waals surface area (Å²) in [4.78, 5) is 22.5. The van der Waals surface area contributed by atoms with Crippen LogP contribution >= 0.6 is 0 Å². The molecular formula is C17H21N5O2. The second kappa shape index (κ2) is 6.59. The largest absolute Gasteiger partial charge is 0.448 e. The van der Waals surface area contributed by atoms with E-state index in [1.807, 2.05) is 22.9 Å². The lowest BCUT2D eigenvalue weighted by atomic mass is 9.95. The zero-order valence-corrected chi connectivity index (χ0v) is 13.6. The van der Waals surface area contributed by atoms with E-state index >= 15 is 0 Å². The Morgan fingerprint density at radius 1 is 1.21 bits per heavy atom. The number of amides is 1. The maximum absolute atomic E-state index is 11.8. The highest BCUT2D eigenvalue weighted by molar-refractivity contribution is 5.69. The molecule has 2 aliphatic rings. The van der Waals surface area contributed by atoms with Crippen molar-refractivity contribution in [3.8, 4) is 11.5 Å². The van der Waals surface area contributed by atoms with Gasteiger partial charge in [-0.1, -0.05) is 25.3 Å². The number of rotatable bonds is 4. The van der Waals surface area contributed by atoms with Crippen LogP contribution in [-0.2, 0) is 11.3 Å². The monoisotopic (exact) mass is 327 g/mol. The minimum Gasteiger partial charge on any atom is -0.448 e. The standard InChI is InChI=1S/C17H21N5O2/c23-17-21(10-11-24-17)12-15-19-16(14-8-4-5-9-18-14)20-22(15)13-6-2-1-3-7-13/h4-5,8-9,13H,1-3,6-7,10-12H2. The first-order chi connectivity index (χ1) is 11.8. The highest BCUT2D eigenvalue weighted by atomic mass is 16.6. The molecule has 2 aromatic heterocycles. The third-order valence-corrected chi connectivity index (χ3v) is 4.69. The van der Waals surface area contributed by atoms with Gasteiger partial charge in [0.15, 0.2) is 5.82 Å². The van der Waals surface area contributed by atoms with E-state index < -0.39 is 0 Å². The Balaban J connectivity index is 1.66. The van der Waals surface area contributed by atoms with Gasteiger partial charge in [0.05, 0.1) is 19.1 Å². The summed E-state index contributed by atoms with van der Waals surface area (Å²) in [5.74, 6) is 1.45. The molecule has 2 fully saturated rings. The van der Waals surface area contributed by atoms with Crippen molar-refractivity contribution in [2.45, 2.75) is 44.7 Å². The van der Waals surface area contributed by atoms with Crippen LogP contribution < -0.4 is 0 Å². The van der Waals surface area contributed by atoms with Crippen LogP contribution in [0.3, 0.4) is 0 Å². The topological polar surface area (TPSA) is 73.1 Å². The Morgan fingerprint density at radius 2 is 2.08 bits per heavy atom. The van der Waals surface area contributed by atoms with Gasteiger partial charge in [0, 0.05) is 6.20 Å². The maximum Gasteiger partial charge on any atom is 0.410 e. The Kier molecular flexibility index (Phi) is 4.15. The molecule has 1 amide bonds. The average molecular weight is 327 g/mol. The van der Waals surface area contributed by atoms with E-state index in [9.17, 15) is 4.79 Å². The summed E-state index contributed by atoms with van der Waals surface area (Å²) in [5, 5.41) is 4.74. The highest BCUT2D eigenvalue weighted by Gasteiger charge is 2.27. The van der Waals surface area contributed by atoms with Gasteiger partial charge in [-0.3, -0.25) is 9.88 Å². The second-order valence-electron chi connectivity index (χ2n) is 6.34. The number of hydrogen-bond donors (Lipinski definition) is 0. The molecule has 0 aromatic carbocycles. The summed E-state index contributed by atoms with van der Waals surface area (Å²) >= 11 is 0. The van der Waals surface area contributed by atoms with Crippen molar-refractivity contribution in [2.24, 2.45) is 0 Å². The van der Waals surface area contributed by atoms with Crippen molar-refractivity contribution < 1.29 is 9.53 Å². The molecule has 0 N–H and O–H groups in total. The lowest BCUT2D eigenvalue weighted by molar-refractivity contribution is 0.155. The molecule has 1 aliphatic carbocycles. The number of nitrogens with zero attached hydrogens (tertiary/aromatic N) is 5. The Morgan fingerprint density at radius 3 is 2.79 bits per heavy atom. The van der Waals surface area contributed by atoms with Gasteiger partial charge in [0.1, 0.15) is 18.1 Å². The molecule has 1 saturated carbocycles. The third-order valence-electron chi connectivity index (χ3n) is 4.69. The number of cyclic esters (lactones) is 1. The number of pyridine rings is 1. The minimum atomic E-state index is -0.271. The Hall–Kier alpha value is -2.44. The van der Waals surface area contributed by atoms with Crippen LogP contribution in [0, 0.1) is 0 Å². The molecular weight excluding hydrogens is 306 g/mol. The van der Waals surface area contributed by atoms with Gasteiger partial charge in [-0.2, -0.15) is 0 Å². The smallest absolute Gasteiger partial charge is 0.410 e. The van der Waals surface area contributed by atoms with Crippen LogP contribution in [0.15, 0.2) is 24.4 Å². The molecule has 0 bridgehead atoms. The molecule has 1 aliphatic heterocycles. The predicted molar refractivity (Wildman–Crippen MR) is 87.1 cm³/mol. The molecule has 7 heteroatoms. The fourth-order valence-electron chi connectivity index (χ4n) is 3.42. The van der Waals surface area contributed by atoms with E-state index in [1.54, 1.807) is 11.1 Å². The highest BCUT2D eigenvalue weighted by Crippen LogP contribution is 2.30. The predicted octanol–water partition coefficient (Wildman–Crippen LogP) is 2.80. The summed E-state index contributed by atoms with van der Waals surface area (Å²) in [6.07, 6.45) is 7.42. The van der Waals surface area contributed by atoms with Gasteiger partial charge in [-0.05, 0) is 25.0 Å². The lowest BCUT2D eigenvalue weighted by Crippen LogP contribution is -2.27. The van der Waals surface area contributed by atoms with Crippen LogP contribution in [0.4, 0.5) is 4.79 Å². The van der Waals surface area contributed by atoms with Crippen molar-refractivity contribution >= 4 is 6.09 Å². The molecule has 0 spiro atoms. The van der Waals surface area contributed by atoms with Gasteiger partial charge < -0.3 is 4.74 Å². The zero-order valence-electron chi connectivity index (χ0n) is 13.6. The van der Waals surface area contributed by atoms with Crippen molar-refractivity contribution in [2.75, 3.05) is 13.2 Å². The van der Waals surface area contributed by atoms with Crippen LogP contribution in [0.2, 0.25) is 0 Å². The molecule has 24 heavy (non-hydrogen) atoms. The van der Waals surface area contributed by atoms with Crippen molar-refractivity contribution in [3.05, 3.63) is 30.2 Å². The fourth-order valence-corrected chi connectivity index (χ4v) is 3.42. The SMILES string of the molecule is O=C1OCCN1Cc1nc(-c2ccccn2)nn1C1CCCCC1. The van der Waals surface area contributed by atoms with Crippen LogP contribution in [0.1, 0.15) is 44.0 Å².